The first-order valence-electron chi connectivity index (χ1n) is 8.71. The fourth-order valence-electron chi connectivity index (χ4n) is 4.06. The molecule has 0 saturated carbocycles. The lowest BCUT2D eigenvalue weighted by atomic mass is 9.80. The topological polar surface area (TPSA) is 70.4 Å². The minimum Gasteiger partial charge on any atom is -0.468 e. The van der Waals surface area contributed by atoms with Crippen LogP contribution in [-0.2, 0) is 17.8 Å². The molecule has 1 unspecified atom stereocenters. The van der Waals surface area contributed by atoms with Crippen molar-refractivity contribution in [2.75, 3.05) is 39.4 Å². The maximum absolute atomic E-state index is 5.99. The van der Waals surface area contributed by atoms with Crippen molar-refractivity contribution in [1.29, 1.82) is 0 Å². The van der Waals surface area contributed by atoms with Crippen molar-refractivity contribution in [3.8, 4) is 0 Å². The molecule has 4 heterocycles. The molecular weight excluding hydrogens is 306 g/mol. The molecule has 4 rings (SSSR count). The third kappa shape index (κ3) is 3.68. The Kier molecular flexibility index (Phi) is 4.64. The lowest BCUT2D eigenvalue weighted by Crippen LogP contribution is -2.50. The predicted molar refractivity (Wildman–Crippen MR) is 88.1 cm³/mol. The number of rotatable bonds is 4. The van der Waals surface area contributed by atoms with Crippen LogP contribution in [0, 0.1) is 5.41 Å². The summed E-state index contributed by atoms with van der Waals surface area (Å²) in [5.74, 6) is 1.04. The van der Waals surface area contributed by atoms with Gasteiger partial charge in [-0.2, -0.15) is 15.4 Å². The summed E-state index contributed by atoms with van der Waals surface area (Å²) in [5.41, 5.74) is 1.20. The number of hydrogen-bond donors (Lipinski definition) is 1. The number of ether oxygens (including phenoxy) is 1. The van der Waals surface area contributed by atoms with Crippen molar-refractivity contribution in [2.45, 2.75) is 25.9 Å². The summed E-state index contributed by atoms with van der Waals surface area (Å²) in [7, 11) is 0. The lowest BCUT2D eigenvalue weighted by Gasteiger charge is -2.43. The van der Waals surface area contributed by atoms with Crippen molar-refractivity contribution in [2.24, 2.45) is 5.41 Å². The van der Waals surface area contributed by atoms with Crippen LogP contribution in [0.1, 0.15) is 24.3 Å². The number of piperidine rings is 1. The Labute approximate surface area is 142 Å². The highest BCUT2D eigenvalue weighted by Crippen LogP contribution is 2.34. The standard InChI is InChI=1S/C17H25N5O2/c1-3-16(24-7-1)11-21-5-2-4-17(12-21)13-22(6-8-23-14-17)10-15-9-18-20-19-15/h1,3,7,9H,2,4-6,8,10-14H2,(H,18,19,20). The third-order valence-corrected chi connectivity index (χ3v) is 5.07. The number of aromatic nitrogens is 3. The van der Waals surface area contributed by atoms with E-state index in [1.807, 2.05) is 12.3 Å². The Balaban J connectivity index is 1.43. The molecule has 1 spiro atoms. The number of nitrogens with one attached hydrogen (secondary N) is 1. The van der Waals surface area contributed by atoms with Gasteiger partial charge in [0.25, 0.3) is 0 Å². The molecule has 2 aliphatic rings. The van der Waals surface area contributed by atoms with Crippen LogP contribution in [-0.4, -0.2) is 64.6 Å². The summed E-state index contributed by atoms with van der Waals surface area (Å²) in [5, 5.41) is 10.8. The van der Waals surface area contributed by atoms with Crippen LogP contribution in [0.15, 0.2) is 29.0 Å². The summed E-state index contributed by atoms with van der Waals surface area (Å²) in [4.78, 5) is 4.96. The smallest absolute Gasteiger partial charge is 0.117 e. The molecule has 130 valence electrons. The van der Waals surface area contributed by atoms with E-state index in [9.17, 15) is 0 Å². The molecule has 7 heteroatoms. The summed E-state index contributed by atoms with van der Waals surface area (Å²) >= 11 is 0. The van der Waals surface area contributed by atoms with Crippen LogP contribution in [0.25, 0.3) is 0 Å². The molecule has 7 nitrogen and oxygen atoms in total. The van der Waals surface area contributed by atoms with Gasteiger partial charge in [0, 0.05) is 31.6 Å². The molecule has 0 radical (unpaired) electrons. The molecule has 1 N–H and O–H groups in total. The van der Waals surface area contributed by atoms with Crippen LogP contribution in [0.2, 0.25) is 0 Å². The second-order valence-electron chi connectivity index (χ2n) is 7.12. The molecule has 2 saturated heterocycles. The van der Waals surface area contributed by atoms with Crippen LogP contribution < -0.4 is 0 Å². The summed E-state index contributed by atoms with van der Waals surface area (Å²) in [6, 6.07) is 4.02. The fraction of sp³-hybridized carbons (Fsp3) is 0.647. The Bertz CT molecular complexity index is 615. The Morgan fingerprint density at radius 1 is 1.21 bits per heavy atom. The van der Waals surface area contributed by atoms with E-state index in [-0.39, 0.29) is 5.41 Å². The molecule has 2 aromatic rings. The molecule has 2 fully saturated rings. The molecule has 0 aromatic carbocycles. The third-order valence-electron chi connectivity index (χ3n) is 5.07. The first-order chi connectivity index (χ1) is 11.8. The van der Waals surface area contributed by atoms with Gasteiger partial charge in [-0.15, -0.1) is 0 Å². The number of furan rings is 1. The fourth-order valence-corrected chi connectivity index (χ4v) is 4.06. The van der Waals surface area contributed by atoms with Gasteiger partial charge in [-0.1, -0.05) is 0 Å². The normalized spacial score (nSPS) is 26.7. The van der Waals surface area contributed by atoms with E-state index in [2.05, 4.69) is 31.3 Å². The number of nitrogens with zero attached hydrogens (tertiary/aromatic N) is 4. The summed E-state index contributed by atoms with van der Waals surface area (Å²) in [6.45, 7) is 7.54. The molecular formula is C17H25N5O2. The molecule has 1 atom stereocenters. The van der Waals surface area contributed by atoms with E-state index in [4.69, 9.17) is 9.15 Å². The Hall–Kier alpha value is -1.70. The van der Waals surface area contributed by atoms with Crippen LogP contribution in [0.4, 0.5) is 0 Å². The molecule has 0 bridgehead atoms. The maximum atomic E-state index is 5.99. The largest absolute Gasteiger partial charge is 0.468 e. The zero-order valence-electron chi connectivity index (χ0n) is 14.0. The monoisotopic (exact) mass is 331 g/mol. The van der Waals surface area contributed by atoms with Gasteiger partial charge in [0.05, 0.1) is 37.9 Å². The molecule has 0 amide bonds. The van der Waals surface area contributed by atoms with Gasteiger partial charge in [0.1, 0.15) is 5.76 Å². The van der Waals surface area contributed by atoms with E-state index in [0.717, 1.165) is 63.9 Å². The zero-order valence-corrected chi connectivity index (χ0v) is 14.0. The van der Waals surface area contributed by atoms with E-state index in [1.54, 1.807) is 6.26 Å². The van der Waals surface area contributed by atoms with Gasteiger partial charge >= 0.3 is 0 Å². The molecule has 0 aliphatic carbocycles. The van der Waals surface area contributed by atoms with Gasteiger partial charge in [-0.05, 0) is 31.5 Å². The quantitative estimate of drug-likeness (QED) is 0.916. The molecule has 2 aromatic heterocycles. The van der Waals surface area contributed by atoms with Crippen LogP contribution in [0.5, 0.6) is 0 Å². The van der Waals surface area contributed by atoms with Crippen molar-refractivity contribution in [3.63, 3.8) is 0 Å². The predicted octanol–water partition coefficient (Wildman–Crippen LogP) is 1.51. The maximum Gasteiger partial charge on any atom is 0.117 e. The van der Waals surface area contributed by atoms with Gasteiger partial charge in [0.15, 0.2) is 0 Å². The second kappa shape index (κ2) is 7.04. The summed E-state index contributed by atoms with van der Waals surface area (Å²) in [6.07, 6.45) is 5.99. The highest BCUT2D eigenvalue weighted by atomic mass is 16.5. The Morgan fingerprint density at radius 3 is 2.92 bits per heavy atom. The second-order valence-corrected chi connectivity index (χ2v) is 7.12. The highest BCUT2D eigenvalue weighted by Gasteiger charge is 2.39. The zero-order chi connectivity index (χ0) is 16.2. The van der Waals surface area contributed by atoms with E-state index >= 15 is 0 Å². The number of H-pyrrole nitrogens is 1. The first-order valence-corrected chi connectivity index (χ1v) is 8.71. The first kappa shape index (κ1) is 15.8. The van der Waals surface area contributed by atoms with Crippen molar-refractivity contribution < 1.29 is 9.15 Å². The van der Waals surface area contributed by atoms with Gasteiger partial charge < -0.3 is 9.15 Å². The number of aromatic amines is 1. The number of likely N-dealkylation sites (tertiary alicyclic amines) is 1. The average Bonchev–Trinajstić information content (AvgIpc) is 3.22. The Morgan fingerprint density at radius 2 is 2.12 bits per heavy atom. The van der Waals surface area contributed by atoms with Gasteiger partial charge in [-0.25, -0.2) is 0 Å². The number of hydrogen-bond acceptors (Lipinski definition) is 6. The van der Waals surface area contributed by atoms with Crippen molar-refractivity contribution in [1.82, 2.24) is 25.2 Å². The summed E-state index contributed by atoms with van der Waals surface area (Å²) < 4.78 is 11.5. The SMILES string of the molecule is c1coc(CN2CCCC3(COCCN(Cc4cn[nH]n4)C3)C2)c1. The van der Waals surface area contributed by atoms with E-state index in [1.165, 1.54) is 12.8 Å². The van der Waals surface area contributed by atoms with Crippen molar-refractivity contribution in [3.05, 3.63) is 36.0 Å². The average molecular weight is 331 g/mol. The van der Waals surface area contributed by atoms with Crippen LogP contribution in [0.3, 0.4) is 0 Å². The lowest BCUT2D eigenvalue weighted by molar-refractivity contribution is 0.000574. The molecule has 2 aliphatic heterocycles. The minimum absolute atomic E-state index is 0.199. The highest BCUT2D eigenvalue weighted by molar-refractivity contribution is 5.00. The van der Waals surface area contributed by atoms with Crippen molar-refractivity contribution >= 4 is 0 Å². The molecule has 24 heavy (non-hydrogen) atoms. The van der Waals surface area contributed by atoms with Gasteiger partial charge in [0.2, 0.25) is 0 Å². The van der Waals surface area contributed by atoms with Crippen LogP contribution >= 0.6 is 0 Å². The van der Waals surface area contributed by atoms with E-state index in [0.29, 0.717) is 0 Å². The van der Waals surface area contributed by atoms with Gasteiger partial charge in [-0.3, -0.25) is 9.80 Å². The minimum atomic E-state index is 0.199. The van der Waals surface area contributed by atoms with E-state index < -0.39 is 0 Å².